The first-order chi connectivity index (χ1) is 17.3. The van der Waals surface area contributed by atoms with Gasteiger partial charge in [0.05, 0.1) is 26.0 Å². The summed E-state index contributed by atoms with van der Waals surface area (Å²) in [6, 6.07) is 13.2. The van der Waals surface area contributed by atoms with Crippen molar-refractivity contribution >= 4 is 49.4 Å². The van der Waals surface area contributed by atoms with Crippen molar-refractivity contribution in [2.75, 3.05) is 14.1 Å². The predicted molar refractivity (Wildman–Crippen MR) is 145 cm³/mol. The van der Waals surface area contributed by atoms with Crippen LogP contribution in [0.15, 0.2) is 64.0 Å². The second-order valence-corrected chi connectivity index (χ2v) is 12.0. The first-order valence-corrected chi connectivity index (χ1v) is 13.8. The van der Waals surface area contributed by atoms with Crippen LogP contribution in [0.2, 0.25) is 5.02 Å². The van der Waals surface area contributed by atoms with E-state index in [2.05, 4.69) is 26.6 Å². The highest BCUT2D eigenvalue weighted by molar-refractivity contribution is 9.10. The topological polar surface area (TPSA) is 95.6 Å². The Morgan fingerprint density at radius 1 is 1.05 bits per heavy atom. The minimum Gasteiger partial charge on any atom is -0.348 e. The van der Waals surface area contributed by atoms with Crippen molar-refractivity contribution in [3.05, 3.63) is 97.7 Å². The van der Waals surface area contributed by atoms with Crippen molar-refractivity contribution in [2.45, 2.75) is 31.3 Å². The van der Waals surface area contributed by atoms with Gasteiger partial charge in [-0.2, -0.15) is 0 Å². The molecule has 0 aliphatic heterocycles. The van der Waals surface area contributed by atoms with E-state index in [0.29, 0.717) is 15.6 Å². The number of rotatable bonds is 8. The van der Waals surface area contributed by atoms with Gasteiger partial charge >= 0.3 is 0 Å². The second kappa shape index (κ2) is 11.7. The molecule has 196 valence electrons. The number of amides is 2. The van der Waals surface area contributed by atoms with Crippen LogP contribution >= 0.6 is 27.5 Å². The van der Waals surface area contributed by atoms with Crippen LogP contribution in [0.25, 0.3) is 0 Å². The van der Waals surface area contributed by atoms with Gasteiger partial charge in [0.15, 0.2) is 0 Å². The summed E-state index contributed by atoms with van der Waals surface area (Å²) in [5.41, 5.74) is 2.68. The third-order valence-electron chi connectivity index (χ3n) is 5.75. The Balaban J connectivity index is 1.65. The van der Waals surface area contributed by atoms with Crippen molar-refractivity contribution in [3.63, 3.8) is 0 Å². The zero-order valence-corrected chi connectivity index (χ0v) is 23.8. The molecule has 2 amide bonds. The molecule has 0 aliphatic carbocycles. The molecule has 3 rings (SSSR count). The molecule has 11 heteroatoms. The molecule has 0 aliphatic rings. The van der Waals surface area contributed by atoms with E-state index >= 15 is 0 Å². The maximum absolute atomic E-state index is 14.0. The monoisotopic (exact) mass is 609 g/mol. The number of aryl methyl sites for hydroxylation is 1. The number of sulfonamides is 1. The number of nitrogens with zero attached hydrogens (tertiary/aromatic N) is 1. The summed E-state index contributed by atoms with van der Waals surface area (Å²) in [7, 11) is -0.929. The van der Waals surface area contributed by atoms with Crippen LogP contribution in [0, 0.1) is 12.7 Å². The van der Waals surface area contributed by atoms with Gasteiger partial charge in [-0.05, 0) is 88.9 Å². The van der Waals surface area contributed by atoms with Crippen molar-refractivity contribution in [1.82, 2.24) is 14.9 Å². The van der Waals surface area contributed by atoms with E-state index in [4.69, 9.17) is 11.6 Å². The van der Waals surface area contributed by atoms with E-state index in [-0.39, 0.29) is 27.9 Å². The molecule has 0 spiro atoms. The highest BCUT2D eigenvalue weighted by atomic mass is 79.9. The third kappa shape index (κ3) is 6.75. The number of hydrogen-bond acceptors (Lipinski definition) is 4. The molecule has 2 N–H and O–H groups in total. The van der Waals surface area contributed by atoms with Gasteiger partial charge in [-0.25, -0.2) is 17.1 Å². The lowest BCUT2D eigenvalue weighted by molar-refractivity contribution is 0.0934. The van der Waals surface area contributed by atoms with Crippen molar-refractivity contribution in [3.8, 4) is 0 Å². The van der Waals surface area contributed by atoms with Crippen LogP contribution in [-0.4, -0.2) is 38.6 Å². The Bertz CT molecular complexity index is 1450. The summed E-state index contributed by atoms with van der Waals surface area (Å²) in [6.07, 6.45) is 0. The van der Waals surface area contributed by atoms with Crippen LogP contribution in [0.5, 0.6) is 0 Å². The quantitative estimate of drug-likeness (QED) is 0.366. The Hall–Kier alpha value is -2.79. The molecule has 0 radical (unpaired) electrons. The van der Waals surface area contributed by atoms with Crippen LogP contribution in [-0.2, 0) is 16.6 Å². The number of benzene rings is 3. The van der Waals surface area contributed by atoms with Gasteiger partial charge in [0, 0.05) is 26.2 Å². The van der Waals surface area contributed by atoms with Gasteiger partial charge < -0.3 is 10.6 Å². The first kappa shape index (κ1) is 28.8. The van der Waals surface area contributed by atoms with Gasteiger partial charge in [0.2, 0.25) is 10.0 Å². The minimum absolute atomic E-state index is 0.0363. The lowest BCUT2D eigenvalue weighted by atomic mass is 10.0. The van der Waals surface area contributed by atoms with Gasteiger partial charge in [0.1, 0.15) is 5.82 Å². The zero-order chi connectivity index (χ0) is 27.5. The molecule has 0 bridgehead atoms. The average Bonchev–Trinajstić information content (AvgIpc) is 2.85. The highest BCUT2D eigenvalue weighted by Crippen LogP contribution is 2.25. The molecule has 37 heavy (non-hydrogen) atoms. The van der Waals surface area contributed by atoms with E-state index in [0.717, 1.165) is 15.4 Å². The molecule has 0 aromatic heterocycles. The first-order valence-electron chi connectivity index (χ1n) is 11.2. The molecule has 0 saturated carbocycles. The summed E-state index contributed by atoms with van der Waals surface area (Å²) in [5, 5.41) is 5.70. The molecule has 0 saturated heterocycles. The largest absolute Gasteiger partial charge is 0.348 e. The van der Waals surface area contributed by atoms with Crippen molar-refractivity contribution in [1.29, 1.82) is 0 Å². The lowest BCUT2D eigenvalue weighted by Gasteiger charge is -2.17. The number of carbonyl (C=O) groups is 2. The molecular formula is C26H26BrClFN3O4S. The zero-order valence-electron chi connectivity index (χ0n) is 20.6. The van der Waals surface area contributed by atoms with Crippen molar-refractivity contribution < 1.29 is 22.4 Å². The molecule has 0 unspecified atom stereocenters. The number of halogens is 3. The smallest absolute Gasteiger partial charge is 0.253 e. The summed E-state index contributed by atoms with van der Waals surface area (Å²) >= 11 is 9.29. The van der Waals surface area contributed by atoms with Crippen LogP contribution in [0.4, 0.5) is 4.39 Å². The van der Waals surface area contributed by atoms with E-state index in [1.807, 2.05) is 6.92 Å². The van der Waals surface area contributed by atoms with Gasteiger partial charge in [-0.1, -0.05) is 23.7 Å². The van der Waals surface area contributed by atoms with E-state index in [1.54, 1.807) is 37.3 Å². The Morgan fingerprint density at radius 2 is 1.70 bits per heavy atom. The maximum atomic E-state index is 14.0. The number of nitrogens with one attached hydrogen (secondary N) is 2. The lowest BCUT2D eigenvalue weighted by Crippen LogP contribution is -2.27. The SMILES string of the molecule is Cc1cc(Br)c(F)cc1[C@H](C)NC(=O)c1ccc(CNC(=O)c2cc(S(=O)(=O)N(C)C)ccc2Cl)cc1. The average molecular weight is 611 g/mol. The molecule has 1 atom stereocenters. The van der Waals surface area contributed by atoms with Gasteiger partial charge in [-0.3, -0.25) is 9.59 Å². The highest BCUT2D eigenvalue weighted by Gasteiger charge is 2.21. The van der Waals surface area contributed by atoms with Crippen LogP contribution in [0.1, 0.15) is 50.4 Å². The fourth-order valence-electron chi connectivity index (χ4n) is 3.59. The molecule has 0 fully saturated rings. The van der Waals surface area contributed by atoms with Crippen LogP contribution in [0.3, 0.4) is 0 Å². The fraction of sp³-hybridized carbons (Fsp3) is 0.231. The minimum atomic E-state index is -3.73. The predicted octanol–water partition coefficient (Wildman–Crippen LogP) is 5.22. The molecule has 3 aromatic carbocycles. The molecule has 3 aromatic rings. The molecular weight excluding hydrogens is 585 g/mol. The normalized spacial score (nSPS) is 12.3. The van der Waals surface area contributed by atoms with Gasteiger partial charge in [0.25, 0.3) is 11.8 Å². The third-order valence-corrected chi connectivity index (χ3v) is 8.50. The van der Waals surface area contributed by atoms with Crippen molar-refractivity contribution in [2.24, 2.45) is 0 Å². The Labute approximate surface area is 229 Å². The number of hydrogen-bond donors (Lipinski definition) is 2. The molecule has 7 nitrogen and oxygen atoms in total. The molecule has 0 heterocycles. The van der Waals surface area contributed by atoms with E-state index in [1.165, 1.54) is 38.4 Å². The summed E-state index contributed by atoms with van der Waals surface area (Å²) in [5.74, 6) is -1.26. The standard InChI is InChI=1S/C26H26BrClFN3O4S/c1-15-11-22(27)24(29)13-20(15)16(2)31-25(33)18-7-5-17(6-8-18)14-30-26(34)21-12-19(9-10-23(21)28)37(35,36)32(3)4/h5-13,16H,14H2,1-4H3,(H,30,34)(H,31,33)/t16-/m0/s1. The van der Waals surface area contributed by atoms with Crippen LogP contribution < -0.4 is 10.6 Å². The van der Waals surface area contributed by atoms with E-state index in [9.17, 15) is 22.4 Å². The summed E-state index contributed by atoms with van der Waals surface area (Å²) in [6.45, 7) is 3.76. The Kier molecular flexibility index (Phi) is 9.12. The van der Waals surface area contributed by atoms with E-state index < -0.39 is 27.8 Å². The number of carbonyl (C=O) groups excluding carboxylic acids is 2. The van der Waals surface area contributed by atoms with Gasteiger partial charge in [-0.15, -0.1) is 0 Å². The Morgan fingerprint density at radius 3 is 2.32 bits per heavy atom. The fourth-order valence-corrected chi connectivity index (χ4v) is 5.18. The summed E-state index contributed by atoms with van der Waals surface area (Å²) < 4.78 is 40.1. The second-order valence-electron chi connectivity index (χ2n) is 8.63. The summed E-state index contributed by atoms with van der Waals surface area (Å²) in [4.78, 5) is 25.4. The maximum Gasteiger partial charge on any atom is 0.253 e.